The van der Waals surface area contributed by atoms with Gasteiger partial charge in [0.05, 0.1) is 12.1 Å². The number of hydrogen-bond donors (Lipinski definition) is 2. The molecular weight excluding hydrogens is 284 g/mol. The van der Waals surface area contributed by atoms with E-state index < -0.39 is 12.0 Å². The highest BCUT2D eigenvalue weighted by Crippen LogP contribution is 2.33. The summed E-state index contributed by atoms with van der Waals surface area (Å²) in [5.41, 5.74) is 1.76. The predicted molar refractivity (Wildman–Crippen MR) is 78.9 cm³/mol. The molecule has 6 nitrogen and oxygen atoms in total. The molecule has 0 bridgehead atoms. The summed E-state index contributed by atoms with van der Waals surface area (Å²) in [5, 5.41) is 9.64. The van der Waals surface area contributed by atoms with E-state index in [1.54, 1.807) is 36.7 Å². The van der Waals surface area contributed by atoms with Gasteiger partial charge in [-0.25, -0.2) is 4.79 Å². The summed E-state index contributed by atoms with van der Waals surface area (Å²) in [6, 6.07) is 5.88. The zero-order valence-electron chi connectivity index (χ0n) is 12.1. The number of fused-ring (bicyclic) bond motifs is 1. The number of para-hydroxylation sites is 1. The predicted octanol–water partition coefficient (Wildman–Crippen LogP) is 1.98. The van der Waals surface area contributed by atoms with Crippen LogP contribution in [0.15, 0.2) is 36.7 Å². The van der Waals surface area contributed by atoms with Gasteiger partial charge in [0.25, 0.3) is 5.91 Å². The summed E-state index contributed by atoms with van der Waals surface area (Å²) >= 11 is 0. The van der Waals surface area contributed by atoms with Gasteiger partial charge in [-0.05, 0) is 18.6 Å². The highest BCUT2D eigenvalue weighted by Gasteiger charge is 2.36. The van der Waals surface area contributed by atoms with Gasteiger partial charge in [0.1, 0.15) is 12.4 Å². The van der Waals surface area contributed by atoms with E-state index >= 15 is 0 Å². The number of aryl methyl sites for hydroxylation is 1. The lowest BCUT2D eigenvalue weighted by molar-refractivity contribution is -0.142. The SMILES string of the molecule is Cc1c[nH]cc1C(=O)N1CCOc2ccccc2C1C(=O)O. The van der Waals surface area contributed by atoms with Gasteiger partial charge in [-0.15, -0.1) is 0 Å². The second kappa shape index (κ2) is 5.55. The first kappa shape index (κ1) is 14.2. The number of carboxylic acids is 1. The van der Waals surface area contributed by atoms with Crippen molar-refractivity contribution < 1.29 is 19.4 Å². The Morgan fingerprint density at radius 3 is 2.77 bits per heavy atom. The molecule has 3 rings (SSSR count). The first-order chi connectivity index (χ1) is 10.6. The van der Waals surface area contributed by atoms with E-state index in [4.69, 9.17) is 4.74 Å². The Kier molecular flexibility index (Phi) is 3.58. The minimum atomic E-state index is -1.07. The van der Waals surface area contributed by atoms with Crippen LogP contribution in [0.3, 0.4) is 0 Å². The van der Waals surface area contributed by atoms with Crippen LogP contribution < -0.4 is 4.74 Å². The molecule has 114 valence electrons. The van der Waals surface area contributed by atoms with Gasteiger partial charge in [0.15, 0.2) is 6.04 Å². The van der Waals surface area contributed by atoms with Gasteiger partial charge in [-0.3, -0.25) is 4.79 Å². The minimum Gasteiger partial charge on any atom is -0.491 e. The van der Waals surface area contributed by atoms with E-state index in [1.807, 2.05) is 6.92 Å². The van der Waals surface area contributed by atoms with Crippen molar-refractivity contribution in [1.82, 2.24) is 9.88 Å². The number of carbonyl (C=O) groups is 2. The monoisotopic (exact) mass is 300 g/mol. The number of amides is 1. The Labute approximate surface area is 127 Å². The van der Waals surface area contributed by atoms with Gasteiger partial charge >= 0.3 is 5.97 Å². The molecule has 0 aliphatic carbocycles. The second-order valence-corrected chi connectivity index (χ2v) is 5.18. The van der Waals surface area contributed by atoms with Gasteiger partial charge in [-0.1, -0.05) is 18.2 Å². The number of aliphatic carboxylic acids is 1. The summed E-state index contributed by atoms with van der Waals surface area (Å²) < 4.78 is 5.59. The van der Waals surface area contributed by atoms with Crippen molar-refractivity contribution in [2.24, 2.45) is 0 Å². The van der Waals surface area contributed by atoms with Crippen LogP contribution in [0.5, 0.6) is 5.75 Å². The molecule has 1 aromatic heterocycles. The number of rotatable bonds is 2. The molecule has 1 aromatic carbocycles. The summed E-state index contributed by atoms with van der Waals surface area (Å²) in [6.07, 6.45) is 3.31. The maximum absolute atomic E-state index is 12.7. The normalized spacial score (nSPS) is 17.3. The van der Waals surface area contributed by atoms with Crippen molar-refractivity contribution in [3.63, 3.8) is 0 Å². The Morgan fingerprint density at radius 2 is 2.09 bits per heavy atom. The number of hydrogen-bond acceptors (Lipinski definition) is 3. The fraction of sp³-hybridized carbons (Fsp3) is 0.250. The molecule has 6 heteroatoms. The standard InChI is InChI=1S/C16H16N2O4/c1-10-8-17-9-12(10)15(19)18-6-7-22-13-5-3-2-4-11(13)14(18)16(20)21/h2-5,8-9,14,17H,6-7H2,1H3,(H,20,21). The maximum atomic E-state index is 12.7. The highest BCUT2D eigenvalue weighted by atomic mass is 16.5. The molecule has 0 saturated carbocycles. The molecule has 1 atom stereocenters. The molecular formula is C16H16N2O4. The first-order valence-electron chi connectivity index (χ1n) is 6.98. The average Bonchev–Trinajstić information content (AvgIpc) is 2.82. The number of carboxylic acid groups (broad SMARTS) is 1. The van der Waals surface area contributed by atoms with E-state index in [2.05, 4.69) is 4.98 Å². The third kappa shape index (κ3) is 2.32. The van der Waals surface area contributed by atoms with Crippen molar-refractivity contribution >= 4 is 11.9 Å². The molecule has 1 aliphatic rings. The third-order valence-electron chi connectivity index (χ3n) is 3.79. The number of benzene rings is 1. The molecule has 22 heavy (non-hydrogen) atoms. The number of ether oxygens (including phenoxy) is 1. The van der Waals surface area contributed by atoms with Gasteiger partial charge in [0.2, 0.25) is 0 Å². The topological polar surface area (TPSA) is 82.6 Å². The van der Waals surface area contributed by atoms with E-state index in [1.165, 1.54) is 4.90 Å². The van der Waals surface area contributed by atoms with E-state index in [9.17, 15) is 14.7 Å². The highest BCUT2D eigenvalue weighted by molar-refractivity contribution is 5.98. The number of aromatic nitrogens is 1. The van der Waals surface area contributed by atoms with E-state index in [-0.39, 0.29) is 19.1 Å². The maximum Gasteiger partial charge on any atom is 0.331 e. The Balaban J connectivity index is 2.05. The van der Waals surface area contributed by atoms with Crippen molar-refractivity contribution in [1.29, 1.82) is 0 Å². The Morgan fingerprint density at radius 1 is 1.32 bits per heavy atom. The molecule has 0 radical (unpaired) electrons. The summed E-state index contributed by atoms with van der Waals surface area (Å²) in [7, 11) is 0. The van der Waals surface area contributed by atoms with Crippen LogP contribution >= 0.6 is 0 Å². The minimum absolute atomic E-state index is 0.217. The van der Waals surface area contributed by atoms with Crippen LogP contribution in [-0.2, 0) is 4.79 Å². The van der Waals surface area contributed by atoms with Crippen LogP contribution in [0.1, 0.15) is 27.5 Å². The first-order valence-corrected chi connectivity index (χ1v) is 6.98. The fourth-order valence-corrected chi connectivity index (χ4v) is 2.70. The van der Waals surface area contributed by atoms with E-state index in [0.717, 1.165) is 5.56 Å². The van der Waals surface area contributed by atoms with Crippen LogP contribution in [0, 0.1) is 6.92 Å². The summed E-state index contributed by atoms with van der Waals surface area (Å²) in [5.74, 6) is -0.873. The average molecular weight is 300 g/mol. The quantitative estimate of drug-likeness (QED) is 0.888. The third-order valence-corrected chi connectivity index (χ3v) is 3.79. The molecule has 1 amide bonds. The Bertz CT molecular complexity index is 722. The molecule has 2 N–H and O–H groups in total. The summed E-state index contributed by atoms with van der Waals surface area (Å²) in [4.78, 5) is 28.8. The molecule has 0 saturated heterocycles. The molecule has 1 unspecified atom stereocenters. The lowest BCUT2D eigenvalue weighted by Crippen LogP contribution is -2.40. The molecule has 0 fully saturated rings. The van der Waals surface area contributed by atoms with Crippen molar-refractivity contribution in [2.45, 2.75) is 13.0 Å². The summed E-state index contributed by atoms with van der Waals surface area (Å²) in [6.45, 7) is 2.28. The lowest BCUT2D eigenvalue weighted by Gasteiger charge is -2.26. The molecule has 2 heterocycles. The molecule has 0 spiro atoms. The molecule has 2 aromatic rings. The van der Waals surface area contributed by atoms with Crippen LogP contribution in [0.25, 0.3) is 0 Å². The van der Waals surface area contributed by atoms with Crippen molar-refractivity contribution in [3.05, 3.63) is 53.3 Å². The zero-order valence-corrected chi connectivity index (χ0v) is 12.1. The van der Waals surface area contributed by atoms with Crippen LogP contribution in [0.4, 0.5) is 0 Å². The van der Waals surface area contributed by atoms with Gasteiger partial charge < -0.3 is 19.7 Å². The lowest BCUT2D eigenvalue weighted by atomic mass is 10.0. The number of H-pyrrole nitrogens is 1. The number of nitrogens with one attached hydrogen (secondary N) is 1. The fourth-order valence-electron chi connectivity index (χ4n) is 2.70. The zero-order chi connectivity index (χ0) is 15.7. The van der Waals surface area contributed by atoms with Crippen molar-refractivity contribution in [2.75, 3.05) is 13.2 Å². The number of carbonyl (C=O) groups excluding carboxylic acids is 1. The number of aromatic amines is 1. The largest absolute Gasteiger partial charge is 0.491 e. The van der Waals surface area contributed by atoms with E-state index in [0.29, 0.717) is 16.9 Å². The smallest absolute Gasteiger partial charge is 0.331 e. The number of nitrogens with zero attached hydrogens (tertiary/aromatic N) is 1. The van der Waals surface area contributed by atoms with Crippen LogP contribution in [0.2, 0.25) is 0 Å². The van der Waals surface area contributed by atoms with Crippen LogP contribution in [-0.4, -0.2) is 40.0 Å². The van der Waals surface area contributed by atoms with Crippen molar-refractivity contribution in [3.8, 4) is 5.75 Å². The van der Waals surface area contributed by atoms with Gasteiger partial charge in [0, 0.05) is 18.0 Å². The second-order valence-electron chi connectivity index (χ2n) is 5.18. The Hall–Kier alpha value is -2.76. The van der Waals surface area contributed by atoms with Gasteiger partial charge in [-0.2, -0.15) is 0 Å². The molecule has 1 aliphatic heterocycles.